The monoisotopic (exact) mass is 404 g/mol. The zero-order chi connectivity index (χ0) is 20.8. The van der Waals surface area contributed by atoms with Gasteiger partial charge in [-0.15, -0.1) is 11.8 Å². The lowest BCUT2D eigenvalue weighted by Crippen LogP contribution is -2.54. The summed E-state index contributed by atoms with van der Waals surface area (Å²) in [6, 6.07) is 6.75. The molecule has 2 N–H and O–H groups in total. The van der Waals surface area contributed by atoms with E-state index < -0.39 is 29.7 Å². The van der Waals surface area contributed by atoms with Crippen molar-refractivity contribution >= 4 is 35.3 Å². The predicted octanol–water partition coefficient (Wildman–Crippen LogP) is 1.83. The zero-order valence-electron chi connectivity index (χ0n) is 16.0. The van der Waals surface area contributed by atoms with E-state index in [0.29, 0.717) is 0 Å². The van der Waals surface area contributed by atoms with Gasteiger partial charge in [-0.2, -0.15) is 0 Å². The third kappa shape index (κ3) is 5.22. The van der Waals surface area contributed by atoms with Crippen molar-refractivity contribution in [2.75, 3.05) is 0 Å². The van der Waals surface area contributed by atoms with Crippen LogP contribution in [0.2, 0.25) is 0 Å². The Bertz CT molecular complexity index is 778. The van der Waals surface area contributed by atoms with Crippen molar-refractivity contribution < 1.29 is 24.3 Å². The van der Waals surface area contributed by atoms with E-state index in [1.165, 1.54) is 16.7 Å². The molecule has 0 radical (unpaired) electrons. The zero-order valence-corrected chi connectivity index (χ0v) is 16.8. The lowest BCUT2D eigenvalue weighted by Gasteiger charge is -2.33. The first-order valence-electron chi connectivity index (χ1n) is 8.98. The van der Waals surface area contributed by atoms with Gasteiger partial charge < -0.3 is 15.3 Å². The molecule has 0 saturated heterocycles. The van der Waals surface area contributed by atoms with Crippen molar-refractivity contribution in [1.82, 2.24) is 10.2 Å². The van der Waals surface area contributed by atoms with E-state index in [0.717, 1.165) is 5.56 Å². The first-order valence-corrected chi connectivity index (χ1v) is 9.92. The van der Waals surface area contributed by atoms with Crippen LogP contribution in [0.15, 0.2) is 41.9 Å². The topological polar surface area (TPSA) is 104 Å². The first kappa shape index (κ1) is 21.7. The molecule has 1 aliphatic heterocycles. The Balaban J connectivity index is 2.14. The van der Waals surface area contributed by atoms with Gasteiger partial charge in [0.15, 0.2) is 0 Å². The molecule has 1 aliphatic rings. The highest BCUT2D eigenvalue weighted by molar-refractivity contribution is 8.03. The van der Waals surface area contributed by atoms with E-state index >= 15 is 0 Å². The van der Waals surface area contributed by atoms with Crippen molar-refractivity contribution in [3.8, 4) is 0 Å². The fourth-order valence-corrected chi connectivity index (χ4v) is 3.78. The lowest BCUT2D eigenvalue weighted by molar-refractivity contribution is -0.150. The van der Waals surface area contributed by atoms with Crippen molar-refractivity contribution in [3.05, 3.63) is 47.5 Å². The number of aliphatic carboxylic acids is 1. The van der Waals surface area contributed by atoms with Gasteiger partial charge in [0.25, 0.3) is 5.78 Å². The van der Waals surface area contributed by atoms with E-state index in [4.69, 9.17) is 5.11 Å². The summed E-state index contributed by atoms with van der Waals surface area (Å²) in [6.45, 7) is 5.41. The third-order valence-electron chi connectivity index (χ3n) is 4.47. The quantitative estimate of drug-likeness (QED) is 0.641. The summed E-state index contributed by atoms with van der Waals surface area (Å²) in [5.41, 5.74) is 0.722. The van der Waals surface area contributed by atoms with Crippen LogP contribution in [0.1, 0.15) is 26.3 Å². The highest BCUT2D eigenvalue weighted by Crippen LogP contribution is 2.28. The number of nitrogens with one attached hydrogen (secondary N) is 1. The smallest absolute Gasteiger partial charge is 0.374 e. The summed E-state index contributed by atoms with van der Waals surface area (Å²) in [7, 11) is 0. The van der Waals surface area contributed by atoms with Crippen LogP contribution in [0.25, 0.3) is 0 Å². The Hall–Kier alpha value is -2.61. The number of carbonyl (C=O) groups excluding carboxylic acids is 3. The number of Topliss-reactive ketones (excluding diaryl/α,β-unsaturated/α-hetero) is 1. The minimum atomic E-state index is -1.61. The van der Waals surface area contributed by atoms with Crippen LogP contribution in [0, 0.1) is 5.92 Å². The molecule has 3 atom stereocenters. The largest absolute Gasteiger partial charge is 0.475 e. The molecule has 0 spiro atoms. The molecule has 1 aromatic rings. The lowest BCUT2D eigenvalue weighted by atomic mass is 10.0. The van der Waals surface area contributed by atoms with Crippen LogP contribution in [0.3, 0.4) is 0 Å². The number of amides is 2. The van der Waals surface area contributed by atoms with Crippen LogP contribution in [0.5, 0.6) is 0 Å². The second-order valence-corrected chi connectivity index (χ2v) is 7.98. The Morgan fingerprint density at radius 1 is 1.18 bits per heavy atom. The molecule has 1 aromatic carbocycles. The molecule has 2 amide bonds. The van der Waals surface area contributed by atoms with Gasteiger partial charge in [0, 0.05) is 12.6 Å². The van der Waals surface area contributed by atoms with Crippen molar-refractivity contribution in [2.24, 2.45) is 5.92 Å². The maximum atomic E-state index is 12.7. The Morgan fingerprint density at radius 2 is 1.82 bits per heavy atom. The number of carboxylic acid groups (broad SMARTS) is 1. The molecule has 0 aromatic heterocycles. The minimum Gasteiger partial charge on any atom is -0.475 e. The van der Waals surface area contributed by atoms with E-state index in [9.17, 15) is 19.2 Å². The number of carbonyl (C=O) groups is 4. The van der Waals surface area contributed by atoms with E-state index in [1.54, 1.807) is 48.9 Å². The molecule has 0 saturated carbocycles. The molecule has 2 unspecified atom stereocenters. The SMILES string of the molecule is CC(C)C1SC=CN(C(C)C(=O)N[C@@H](Cc2ccccc2)C(=O)C(=O)O)C1=O. The van der Waals surface area contributed by atoms with Gasteiger partial charge in [-0.05, 0) is 23.8 Å². The summed E-state index contributed by atoms with van der Waals surface area (Å²) in [5, 5.41) is 13.1. The van der Waals surface area contributed by atoms with Crippen molar-refractivity contribution in [2.45, 2.75) is 44.5 Å². The maximum absolute atomic E-state index is 12.7. The molecule has 150 valence electrons. The molecule has 28 heavy (non-hydrogen) atoms. The molecule has 0 fully saturated rings. The molecule has 1 heterocycles. The van der Waals surface area contributed by atoms with Gasteiger partial charge in [0.1, 0.15) is 12.1 Å². The highest BCUT2D eigenvalue weighted by Gasteiger charge is 2.35. The Kier molecular flexibility index (Phi) is 7.39. The van der Waals surface area contributed by atoms with Crippen LogP contribution in [-0.2, 0) is 25.6 Å². The van der Waals surface area contributed by atoms with Crippen molar-refractivity contribution in [1.29, 1.82) is 0 Å². The fourth-order valence-electron chi connectivity index (χ4n) is 2.85. The van der Waals surface area contributed by atoms with E-state index in [2.05, 4.69) is 5.32 Å². The summed E-state index contributed by atoms with van der Waals surface area (Å²) in [5.74, 6) is -3.38. The Morgan fingerprint density at radius 3 is 2.39 bits per heavy atom. The number of thioether (sulfide) groups is 1. The average Bonchev–Trinajstić information content (AvgIpc) is 2.66. The number of ketones is 1. The second-order valence-electron chi connectivity index (χ2n) is 6.93. The number of rotatable bonds is 8. The summed E-state index contributed by atoms with van der Waals surface area (Å²) < 4.78 is 0. The predicted molar refractivity (Wildman–Crippen MR) is 106 cm³/mol. The number of nitrogens with zero attached hydrogens (tertiary/aromatic N) is 1. The fraction of sp³-hybridized carbons (Fsp3) is 0.400. The number of benzene rings is 1. The van der Waals surface area contributed by atoms with Crippen LogP contribution in [0.4, 0.5) is 0 Å². The molecule has 0 bridgehead atoms. The molecule has 8 heteroatoms. The first-order chi connectivity index (χ1) is 13.2. The summed E-state index contributed by atoms with van der Waals surface area (Å²) in [6.07, 6.45) is 1.60. The Labute approximate surface area is 168 Å². The van der Waals surface area contributed by atoms with Gasteiger partial charge >= 0.3 is 5.97 Å². The highest BCUT2D eigenvalue weighted by atomic mass is 32.2. The molecule has 0 aliphatic carbocycles. The molecular weight excluding hydrogens is 380 g/mol. The number of hydrogen-bond donors (Lipinski definition) is 2. The van der Waals surface area contributed by atoms with Gasteiger partial charge in [0.05, 0.1) is 5.25 Å². The van der Waals surface area contributed by atoms with Gasteiger partial charge in [-0.25, -0.2) is 4.79 Å². The van der Waals surface area contributed by atoms with Crippen LogP contribution in [-0.4, -0.2) is 50.9 Å². The van der Waals surface area contributed by atoms with Gasteiger partial charge in [-0.3, -0.25) is 14.4 Å². The molecular formula is C20H24N2O5S. The number of carboxylic acids is 1. The second kappa shape index (κ2) is 9.54. The summed E-state index contributed by atoms with van der Waals surface area (Å²) >= 11 is 1.40. The van der Waals surface area contributed by atoms with E-state index in [-0.39, 0.29) is 23.5 Å². The summed E-state index contributed by atoms with van der Waals surface area (Å²) in [4.78, 5) is 49.9. The maximum Gasteiger partial charge on any atom is 0.374 e. The average molecular weight is 404 g/mol. The normalized spacial score (nSPS) is 18.6. The molecule has 7 nitrogen and oxygen atoms in total. The van der Waals surface area contributed by atoms with E-state index in [1.807, 2.05) is 13.8 Å². The third-order valence-corrected chi connectivity index (χ3v) is 5.79. The van der Waals surface area contributed by atoms with Gasteiger partial charge in [-0.1, -0.05) is 44.2 Å². The number of hydrogen-bond acceptors (Lipinski definition) is 5. The van der Waals surface area contributed by atoms with Gasteiger partial charge in [0.2, 0.25) is 11.8 Å². The standard InChI is InChI=1S/C20H24N2O5S/c1-12(2)17-19(25)22(9-10-28-17)13(3)18(24)21-15(16(23)20(26)27)11-14-7-5-4-6-8-14/h4-10,12-13,15,17H,11H2,1-3H3,(H,21,24)(H,26,27)/t13?,15-,17?/m0/s1. The minimum absolute atomic E-state index is 0.0543. The van der Waals surface area contributed by atoms with Crippen molar-refractivity contribution in [3.63, 3.8) is 0 Å². The van der Waals surface area contributed by atoms with Crippen LogP contribution >= 0.6 is 11.8 Å². The van der Waals surface area contributed by atoms with Crippen LogP contribution < -0.4 is 5.32 Å². The molecule has 2 rings (SSSR count).